The van der Waals surface area contributed by atoms with E-state index < -0.39 is 0 Å². The van der Waals surface area contributed by atoms with Crippen LogP contribution in [0.2, 0.25) is 5.02 Å². The fraction of sp³-hybridized carbons (Fsp3) is 0.0909. The van der Waals surface area contributed by atoms with Gasteiger partial charge in [-0.2, -0.15) is 5.10 Å². The van der Waals surface area contributed by atoms with Gasteiger partial charge in [-0.05, 0) is 82.0 Å². The van der Waals surface area contributed by atoms with Crippen molar-refractivity contribution in [2.24, 2.45) is 5.10 Å². The van der Waals surface area contributed by atoms with Crippen molar-refractivity contribution in [2.45, 2.75) is 13.5 Å². The molecule has 7 heteroatoms. The van der Waals surface area contributed by atoms with Crippen LogP contribution in [0.3, 0.4) is 0 Å². The van der Waals surface area contributed by atoms with Crippen LogP contribution in [0.25, 0.3) is 0 Å². The third-order valence-electron chi connectivity index (χ3n) is 4.08. The second-order valence-electron chi connectivity index (χ2n) is 6.27. The number of hydrazone groups is 1. The molecule has 4 nitrogen and oxygen atoms in total. The molecule has 0 unspecified atom stereocenters. The third kappa shape index (κ3) is 5.89. The summed E-state index contributed by atoms with van der Waals surface area (Å²) in [5, 5.41) is 4.51. The molecule has 0 bridgehead atoms. The number of carbonyl (C=O) groups excluding carboxylic acids is 1. The van der Waals surface area contributed by atoms with Crippen molar-refractivity contribution in [3.63, 3.8) is 0 Å². The quantitative estimate of drug-likeness (QED) is 0.357. The van der Waals surface area contributed by atoms with Gasteiger partial charge in [0.05, 0.1) is 10.7 Å². The van der Waals surface area contributed by atoms with Gasteiger partial charge < -0.3 is 4.74 Å². The molecule has 1 N–H and O–H groups in total. The fourth-order valence-electron chi connectivity index (χ4n) is 2.42. The van der Waals surface area contributed by atoms with Crippen LogP contribution >= 0.6 is 27.5 Å². The first kappa shape index (κ1) is 21.0. The number of hydrogen-bond acceptors (Lipinski definition) is 3. The van der Waals surface area contributed by atoms with Crippen LogP contribution < -0.4 is 10.2 Å². The zero-order valence-corrected chi connectivity index (χ0v) is 17.8. The minimum atomic E-state index is -0.346. The van der Waals surface area contributed by atoms with Gasteiger partial charge in [-0.25, -0.2) is 9.82 Å². The van der Waals surface area contributed by atoms with Gasteiger partial charge in [0, 0.05) is 10.6 Å². The zero-order valence-electron chi connectivity index (χ0n) is 15.5. The first-order chi connectivity index (χ1) is 13.9. The Labute approximate surface area is 181 Å². The molecule has 0 atom stereocenters. The van der Waals surface area contributed by atoms with Crippen molar-refractivity contribution >= 4 is 39.7 Å². The molecule has 0 aliphatic heterocycles. The van der Waals surface area contributed by atoms with E-state index in [1.165, 1.54) is 18.3 Å². The Balaban J connectivity index is 1.58. The van der Waals surface area contributed by atoms with E-state index in [0.717, 1.165) is 21.2 Å². The molecule has 148 valence electrons. The van der Waals surface area contributed by atoms with E-state index in [4.69, 9.17) is 16.3 Å². The first-order valence-electron chi connectivity index (χ1n) is 8.69. The van der Waals surface area contributed by atoms with Crippen LogP contribution in [0.1, 0.15) is 27.0 Å². The topological polar surface area (TPSA) is 50.7 Å². The molecule has 0 saturated carbocycles. The summed E-state index contributed by atoms with van der Waals surface area (Å²) < 4.78 is 19.4. The average Bonchev–Trinajstić information content (AvgIpc) is 2.70. The molecule has 0 aliphatic carbocycles. The van der Waals surface area contributed by atoms with Gasteiger partial charge in [-0.1, -0.05) is 29.8 Å². The monoisotopic (exact) mass is 474 g/mol. The lowest BCUT2D eigenvalue weighted by Crippen LogP contribution is -2.17. The van der Waals surface area contributed by atoms with Crippen LogP contribution in [-0.2, 0) is 6.61 Å². The fourth-order valence-corrected chi connectivity index (χ4v) is 3.11. The molecule has 0 radical (unpaired) electrons. The molecular formula is C22H17BrClFN2O2. The van der Waals surface area contributed by atoms with Crippen LogP contribution in [0.15, 0.2) is 70.2 Å². The lowest BCUT2D eigenvalue weighted by Gasteiger charge is -2.09. The van der Waals surface area contributed by atoms with Gasteiger partial charge in [0.25, 0.3) is 5.91 Å². The minimum Gasteiger partial charge on any atom is -0.488 e. The molecule has 3 aromatic rings. The van der Waals surface area contributed by atoms with Gasteiger partial charge in [-0.15, -0.1) is 0 Å². The van der Waals surface area contributed by atoms with Crippen molar-refractivity contribution in [2.75, 3.05) is 0 Å². The number of rotatable bonds is 6. The number of benzene rings is 3. The van der Waals surface area contributed by atoms with Crippen molar-refractivity contribution in [1.82, 2.24) is 5.43 Å². The normalized spacial score (nSPS) is 10.9. The Morgan fingerprint density at radius 3 is 2.62 bits per heavy atom. The Morgan fingerprint density at radius 2 is 1.93 bits per heavy atom. The number of ether oxygens (including phenoxy) is 1. The number of nitrogens with one attached hydrogen (secondary N) is 1. The molecule has 0 fully saturated rings. The smallest absolute Gasteiger partial charge is 0.271 e. The minimum absolute atomic E-state index is 0.281. The average molecular weight is 476 g/mol. The lowest BCUT2D eigenvalue weighted by molar-refractivity contribution is 0.0955. The van der Waals surface area contributed by atoms with Crippen molar-refractivity contribution in [3.05, 3.63) is 98.2 Å². The largest absolute Gasteiger partial charge is 0.488 e. The molecule has 0 aliphatic rings. The predicted octanol–water partition coefficient (Wildman–Crippen LogP) is 5.89. The van der Waals surface area contributed by atoms with Crippen LogP contribution in [-0.4, -0.2) is 12.1 Å². The highest BCUT2D eigenvalue weighted by Gasteiger charge is 2.07. The summed E-state index contributed by atoms with van der Waals surface area (Å²) >= 11 is 9.50. The van der Waals surface area contributed by atoms with Crippen molar-refractivity contribution < 1.29 is 13.9 Å². The Morgan fingerprint density at radius 1 is 1.17 bits per heavy atom. The van der Waals surface area contributed by atoms with Crippen LogP contribution in [0.4, 0.5) is 4.39 Å². The van der Waals surface area contributed by atoms with E-state index in [0.29, 0.717) is 22.9 Å². The number of amides is 1. The van der Waals surface area contributed by atoms with Gasteiger partial charge in [0.15, 0.2) is 0 Å². The Hall–Kier alpha value is -2.70. The summed E-state index contributed by atoms with van der Waals surface area (Å²) in [5.41, 5.74) is 5.44. The molecule has 3 aromatic carbocycles. The number of halogens is 3. The van der Waals surface area contributed by atoms with E-state index in [1.807, 2.05) is 19.1 Å². The molecule has 1 amide bonds. The SMILES string of the molecule is Cc1ccc(C(=O)N/N=C\c2ccc(OCc3ccc(F)cc3)c(Br)c2)cc1Cl. The molecule has 0 spiro atoms. The van der Waals surface area contributed by atoms with Crippen molar-refractivity contribution in [3.8, 4) is 5.75 Å². The zero-order chi connectivity index (χ0) is 20.8. The molecular weight excluding hydrogens is 459 g/mol. The van der Waals surface area contributed by atoms with Gasteiger partial charge >= 0.3 is 0 Å². The van der Waals surface area contributed by atoms with E-state index >= 15 is 0 Å². The highest BCUT2D eigenvalue weighted by molar-refractivity contribution is 9.10. The maximum atomic E-state index is 12.9. The molecule has 3 rings (SSSR count). The number of hydrogen-bond donors (Lipinski definition) is 1. The summed E-state index contributed by atoms with van der Waals surface area (Å²) in [6, 6.07) is 16.6. The highest BCUT2D eigenvalue weighted by Crippen LogP contribution is 2.26. The summed E-state index contributed by atoms with van der Waals surface area (Å²) in [6.07, 6.45) is 1.53. The number of aryl methyl sites for hydroxylation is 1. The van der Waals surface area contributed by atoms with E-state index in [2.05, 4.69) is 26.5 Å². The summed E-state index contributed by atoms with van der Waals surface area (Å²) in [5.74, 6) is 0.0161. The summed E-state index contributed by atoms with van der Waals surface area (Å²) in [4.78, 5) is 12.1. The predicted molar refractivity (Wildman–Crippen MR) is 116 cm³/mol. The van der Waals surface area contributed by atoms with Crippen molar-refractivity contribution in [1.29, 1.82) is 0 Å². The second-order valence-corrected chi connectivity index (χ2v) is 7.53. The van der Waals surface area contributed by atoms with Gasteiger partial charge in [0.2, 0.25) is 0 Å². The van der Waals surface area contributed by atoms with Crippen LogP contribution in [0.5, 0.6) is 5.75 Å². The number of nitrogens with zero attached hydrogens (tertiary/aromatic N) is 1. The first-order valence-corrected chi connectivity index (χ1v) is 9.86. The maximum absolute atomic E-state index is 12.9. The Kier molecular flexibility index (Phi) is 7.01. The Bertz CT molecular complexity index is 1060. The maximum Gasteiger partial charge on any atom is 0.271 e. The standard InChI is InChI=1S/C22H17BrClFN2O2/c1-14-2-6-17(11-20(14)24)22(28)27-26-12-16-5-9-21(19(23)10-16)29-13-15-3-7-18(25)8-4-15/h2-12H,13H2,1H3,(H,27,28)/b26-12-. The van der Waals surface area contributed by atoms with E-state index in [-0.39, 0.29) is 11.7 Å². The molecule has 29 heavy (non-hydrogen) atoms. The van der Waals surface area contributed by atoms with Crippen LogP contribution in [0, 0.1) is 12.7 Å². The summed E-state index contributed by atoms with van der Waals surface area (Å²) in [7, 11) is 0. The summed E-state index contributed by atoms with van der Waals surface area (Å²) in [6.45, 7) is 2.19. The van der Waals surface area contributed by atoms with Gasteiger partial charge in [-0.3, -0.25) is 4.79 Å². The highest BCUT2D eigenvalue weighted by atomic mass is 79.9. The van der Waals surface area contributed by atoms with E-state index in [1.54, 1.807) is 36.4 Å². The molecule has 0 aromatic heterocycles. The molecule has 0 saturated heterocycles. The number of carbonyl (C=O) groups is 1. The second kappa shape index (κ2) is 9.67. The lowest BCUT2D eigenvalue weighted by atomic mass is 10.1. The van der Waals surface area contributed by atoms with E-state index in [9.17, 15) is 9.18 Å². The molecule has 0 heterocycles. The van der Waals surface area contributed by atoms with Gasteiger partial charge in [0.1, 0.15) is 18.2 Å². The third-order valence-corrected chi connectivity index (χ3v) is 5.10.